The van der Waals surface area contributed by atoms with Crippen LogP contribution in [0.1, 0.15) is 32.6 Å². The molecule has 0 amide bonds. The van der Waals surface area contributed by atoms with E-state index in [1.807, 2.05) is 0 Å². The zero-order chi connectivity index (χ0) is 32.4. The first-order valence-corrected chi connectivity index (χ1v) is 15.8. The molecule has 44 heavy (non-hydrogen) atoms. The summed E-state index contributed by atoms with van der Waals surface area (Å²) in [6, 6.07) is -1.71. The monoisotopic (exact) mass is 643 g/mol. The van der Waals surface area contributed by atoms with Gasteiger partial charge >= 0.3 is 19.6 Å². The summed E-state index contributed by atoms with van der Waals surface area (Å²) in [5.74, 6) is -2.34. The molecule has 3 aliphatic rings. The first-order chi connectivity index (χ1) is 20.9. The van der Waals surface area contributed by atoms with Crippen molar-refractivity contribution < 1.29 is 47.8 Å². The van der Waals surface area contributed by atoms with Crippen LogP contribution in [0.4, 0.5) is 17.5 Å². The van der Waals surface area contributed by atoms with E-state index in [1.54, 1.807) is 6.92 Å². The zero-order valence-corrected chi connectivity index (χ0v) is 26.4. The number of carbonyl (C=O) groups excluding carboxylic acids is 2. The molecule has 1 aliphatic carbocycles. The van der Waals surface area contributed by atoms with Gasteiger partial charge in [0.15, 0.2) is 11.5 Å². The smallest absolute Gasteiger partial charge is 0.347 e. The number of aliphatic hydroxyl groups excluding tert-OH is 1. The van der Waals surface area contributed by atoms with Gasteiger partial charge < -0.3 is 45.2 Å². The molecule has 7 atom stereocenters. The summed E-state index contributed by atoms with van der Waals surface area (Å²) in [6.45, 7) is 1.79. The highest BCUT2D eigenvalue weighted by molar-refractivity contribution is 7.54. The molecule has 0 bridgehead atoms. The number of rotatable bonds is 13. The van der Waals surface area contributed by atoms with E-state index in [0.717, 1.165) is 0 Å². The highest BCUT2D eigenvalue weighted by Crippen LogP contribution is 2.61. The summed E-state index contributed by atoms with van der Waals surface area (Å²) >= 11 is 0. The minimum absolute atomic E-state index is 0.0266. The van der Waals surface area contributed by atoms with Gasteiger partial charge in [0.1, 0.15) is 29.9 Å². The second-order valence-electron chi connectivity index (χ2n) is 11.0. The maximum absolute atomic E-state index is 14.8. The lowest BCUT2D eigenvalue weighted by molar-refractivity contribution is -0.145. The number of esters is 2. The molecule has 17 nitrogen and oxygen atoms in total. The molecule has 0 aromatic carbocycles. The molecule has 4 rings (SSSR count). The van der Waals surface area contributed by atoms with Gasteiger partial charge in [0.2, 0.25) is 11.8 Å². The molecule has 7 unspecified atom stereocenters. The Morgan fingerprint density at radius 1 is 1.09 bits per heavy atom. The van der Waals surface area contributed by atoms with Crippen molar-refractivity contribution in [1.82, 2.24) is 19.3 Å². The third-order valence-corrected chi connectivity index (χ3v) is 11.5. The molecule has 246 valence electrons. The number of nitrogens with two attached hydrogens (primary N) is 2. The van der Waals surface area contributed by atoms with Crippen molar-refractivity contribution in [1.29, 1.82) is 0 Å². The van der Waals surface area contributed by atoms with E-state index in [9.17, 15) is 24.4 Å². The largest absolute Gasteiger partial charge is 0.479 e. The minimum atomic E-state index is -4.09. The molecule has 3 heterocycles. The number of nitrogen functional groups attached to an aromatic ring is 2. The lowest BCUT2D eigenvalue weighted by Crippen LogP contribution is -2.47. The topological polar surface area (TPSA) is 234 Å². The summed E-state index contributed by atoms with van der Waals surface area (Å²) in [7, 11) is 1.09. The summed E-state index contributed by atoms with van der Waals surface area (Å²) < 4.78 is 44.4. The van der Waals surface area contributed by atoms with Gasteiger partial charge in [0.25, 0.3) is 0 Å². The van der Waals surface area contributed by atoms with E-state index in [2.05, 4.69) is 15.0 Å². The molecule has 2 saturated heterocycles. The molecule has 18 heteroatoms. The van der Waals surface area contributed by atoms with Crippen LogP contribution in [0.5, 0.6) is 5.88 Å². The fraction of sp³-hybridized carbons (Fsp3) is 0.731. The number of aromatic nitrogens is 2. The maximum atomic E-state index is 14.8. The molecule has 1 aromatic rings. The van der Waals surface area contributed by atoms with Gasteiger partial charge in [-0.15, -0.1) is 0 Å². The van der Waals surface area contributed by atoms with Gasteiger partial charge in [0.05, 0.1) is 27.9 Å². The third-order valence-electron chi connectivity index (χ3n) is 8.73. The molecular formula is C26H42N7O10P. The van der Waals surface area contributed by atoms with Crippen LogP contribution in [-0.4, -0.2) is 126 Å². The van der Waals surface area contributed by atoms with E-state index in [4.69, 9.17) is 34.9 Å². The summed E-state index contributed by atoms with van der Waals surface area (Å²) in [5.41, 5.74) is 9.96. The van der Waals surface area contributed by atoms with Gasteiger partial charge in [-0.25, -0.2) is 9.34 Å². The van der Waals surface area contributed by atoms with Crippen LogP contribution in [0.3, 0.4) is 0 Å². The Hall–Kier alpha value is -2.92. The molecule has 1 saturated carbocycles. The Labute approximate surface area is 255 Å². The first kappa shape index (κ1) is 34.0. The Morgan fingerprint density at radius 3 is 2.16 bits per heavy atom. The number of anilines is 2. The van der Waals surface area contributed by atoms with Gasteiger partial charge in [0, 0.05) is 32.3 Å². The number of hydrogen-bond donors (Lipinski definition) is 4. The second kappa shape index (κ2) is 13.6. The SMILES string of the molecule is COC(=O)C1CCCN1P(=O)(OCC(OC)C(O)C1(O)C(C)C1/C=N\c1c(N)nc(N)nc1OC)N1CCCC1C(=O)OC. The fourth-order valence-electron chi connectivity index (χ4n) is 6.12. The molecule has 0 radical (unpaired) electrons. The number of aliphatic hydroxyl groups is 2. The Balaban J connectivity index is 1.56. The van der Waals surface area contributed by atoms with Crippen molar-refractivity contribution in [2.24, 2.45) is 16.8 Å². The Morgan fingerprint density at radius 2 is 1.66 bits per heavy atom. The predicted octanol–water partition coefficient (Wildman–Crippen LogP) is 0.124. The zero-order valence-electron chi connectivity index (χ0n) is 25.5. The van der Waals surface area contributed by atoms with Crippen LogP contribution in [-0.2, 0) is 32.9 Å². The van der Waals surface area contributed by atoms with Crippen LogP contribution >= 0.6 is 7.67 Å². The highest BCUT2D eigenvalue weighted by Gasteiger charge is 2.66. The van der Waals surface area contributed by atoms with Crippen LogP contribution < -0.4 is 16.2 Å². The third kappa shape index (κ3) is 6.14. The van der Waals surface area contributed by atoms with E-state index in [0.29, 0.717) is 25.7 Å². The molecular weight excluding hydrogens is 601 g/mol. The van der Waals surface area contributed by atoms with E-state index >= 15 is 0 Å². The van der Waals surface area contributed by atoms with Crippen LogP contribution in [0.15, 0.2) is 4.99 Å². The van der Waals surface area contributed by atoms with E-state index in [-0.39, 0.29) is 36.4 Å². The van der Waals surface area contributed by atoms with Crippen molar-refractivity contribution in [3.05, 3.63) is 0 Å². The van der Waals surface area contributed by atoms with Crippen molar-refractivity contribution >= 4 is 43.3 Å². The van der Waals surface area contributed by atoms with Gasteiger partial charge in [-0.05, 0) is 31.6 Å². The molecule has 6 N–H and O–H groups in total. The van der Waals surface area contributed by atoms with Crippen LogP contribution in [0.25, 0.3) is 0 Å². The summed E-state index contributed by atoms with van der Waals surface area (Å²) in [6.07, 6.45) is 0.612. The van der Waals surface area contributed by atoms with E-state index < -0.39 is 67.9 Å². The predicted molar refractivity (Wildman–Crippen MR) is 157 cm³/mol. The van der Waals surface area contributed by atoms with Crippen LogP contribution in [0, 0.1) is 11.8 Å². The number of aliphatic imine (C=N–C) groups is 1. The number of hydrogen-bond acceptors (Lipinski definition) is 15. The quantitative estimate of drug-likeness (QED) is 0.127. The number of nitrogens with zero attached hydrogens (tertiary/aromatic N) is 5. The molecule has 3 fully saturated rings. The lowest BCUT2D eigenvalue weighted by Gasteiger charge is -2.39. The highest BCUT2D eigenvalue weighted by atomic mass is 31.2. The molecule has 1 aromatic heterocycles. The van der Waals surface area contributed by atoms with Crippen molar-refractivity contribution in [3.8, 4) is 5.88 Å². The summed E-state index contributed by atoms with van der Waals surface area (Å²) in [5, 5.41) is 22.8. The van der Waals surface area contributed by atoms with Crippen molar-refractivity contribution in [2.45, 2.75) is 62.5 Å². The van der Waals surface area contributed by atoms with Gasteiger partial charge in [-0.2, -0.15) is 9.97 Å². The average molecular weight is 644 g/mol. The van der Waals surface area contributed by atoms with Gasteiger partial charge in [-0.1, -0.05) is 6.92 Å². The maximum Gasteiger partial charge on any atom is 0.347 e. The minimum Gasteiger partial charge on any atom is -0.479 e. The average Bonchev–Trinajstić information content (AvgIpc) is 3.49. The lowest BCUT2D eigenvalue weighted by atomic mass is 10.0. The molecule has 0 spiro atoms. The molecule has 2 aliphatic heterocycles. The van der Waals surface area contributed by atoms with Crippen LogP contribution in [0.2, 0.25) is 0 Å². The van der Waals surface area contributed by atoms with E-state index in [1.165, 1.54) is 44.0 Å². The standard InChI is InChI=1S/C26H42N7O10P/c1-14-15(12-29-19-21(27)30-25(28)31-22(19)40-3)26(14,37)20(34)18(39-2)13-43-44(38,32-10-6-8-16(32)23(35)41-4)33-11-7-9-17(33)24(36)42-5/h12,14-18,20,34,37H,6-11,13H2,1-5H3,(H4,27,28,30,31)/b29-12-. The Bertz CT molecular complexity index is 1270. The second-order valence-corrected chi connectivity index (χ2v) is 13.3. The van der Waals surface area contributed by atoms with Crippen molar-refractivity contribution in [2.75, 3.05) is 59.6 Å². The number of ether oxygens (including phenoxy) is 4. The van der Waals surface area contributed by atoms with Crippen molar-refractivity contribution in [3.63, 3.8) is 0 Å². The summed E-state index contributed by atoms with van der Waals surface area (Å²) in [4.78, 5) is 37.4. The number of methoxy groups -OCH3 is 4. The number of carbonyl (C=O) groups is 2. The first-order valence-electron chi connectivity index (χ1n) is 14.3. The normalized spacial score (nSPS) is 30.2. The van der Waals surface area contributed by atoms with Gasteiger partial charge in [-0.3, -0.25) is 19.1 Å². The Kier molecular flexibility index (Phi) is 10.5. The fourth-order valence-corrected chi connectivity index (χ4v) is 8.96.